The van der Waals surface area contributed by atoms with Crippen molar-refractivity contribution in [3.05, 3.63) is 63.6 Å². The minimum Gasteiger partial charge on any atom is -0.406 e. The van der Waals surface area contributed by atoms with Crippen LogP contribution in [0.3, 0.4) is 0 Å². The predicted molar refractivity (Wildman–Crippen MR) is 73.6 cm³/mol. The van der Waals surface area contributed by atoms with Gasteiger partial charge in [0.25, 0.3) is 0 Å². The summed E-state index contributed by atoms with van der Waals surface area (Å²) in [4.78, 5) is 0. The summed E-state index contributed by atoms with van der Waals surface area (Å²) in [5.74, 6) is -0.413. The monoisotopic (exact) mass is 336 g/mol. The molecule has 2 aromatic carbocycles. The minimum atomic E-state index is -4.79. The Morgan fingerprint density at radius 1 is 1.05 bits per heavy atom. The number of hydrogen-bond donors (Lipinski definition) is 1. The topological polar surface area (TPSA) is 29.5 Å². The first-order valence-corrected chi connectivity index (χ1v) is 6.50. The van der Waals surface area contributed by atoms with Crippen LogP contribution in [-0.2, 0) is 0 Å². The van der Waals surface area contributed by atoms with Crippen molar-refractivity contribution in [2.75, 3.05) is 0 Å². The molecule has 0 spiro atoms. The number of rotatable bonds is 3. The van der Waals surface area contributed by atoms with Gasteiger partial charge in [0.15, 0.2) is 0 Å². The molecule has 0 fully saturated rings. The van der Waals surface area contributed by atoms with Gasteiger partial charge in [0, 0.05) is 15.6 Å². The number of benzene rings is 2. The molecule has 1 unspecified atom stereocenters. The molecule has 1 N–H and O–H groups in total. The molecule has 2 aromatic rings. The van der Waals surface area contributed by atoms with Gasteiger partial charge >= 0.3 is 6.36 Å². The van der Waals surface area contributed by atoms with Gasteiger partial charge in [-0.3, -0.25) is 0 Å². The smallest absolute Gasteiger partial charge is 0.406 e. The summed E-state index contributed by atoms with van der Waals surface area (Å²) in [5.41, 5.74) is 0.561. The molecular weight excluding hydrogens is 328 g/mol. The van der Waals surface area contributed by atoms with Crippen molar-refractivity contribution < 1.29 is 23.0 Å². The van der Waals surface area contributed by atoms with Crippen molar-refractivity contribution in [3.8, 4) is 5.75 Å². The first kappa shape index (κ1) is 15.9. The molecule has 0 amide bonds. The van der Waals surface area contributed by atoms with Crippen LogP contribution in [0, 0.1) is 0 Å². The van der Waals surface area contributed by atoms with Crippen LogP contribution in [0.2, 0.25) is 10.0 Å². The fourth-order valence-electron chi connectivity index (χ4n) is 1.78. The van der Waals surface area contributed by atoms with E-state index in [1.807, 2.05) is 0 Å². The highest BCUT2D eigenvalue weighted by Crippen LogP contribution is 2.32. The van der Waals surface area contributed by atoms with Gasteiger partial charge in [0.1, 0.15) is 11.9 Å². The van der Waals surface area contributed by atoms with Crippen molar-refractivity contribution in [2.45, 2.75) is 12.5 Å². The molecule has 1 atom stereocenters. The van der Waals surface area contributed by atoms with Crippen molar-refractivity contribution >= 4 is 23.2 Å². The molecule has 112 valence electrons. The van der Waals surface area contributed by atoms with E-state index in [1.54, 1.807) is 0 Å². The quantitative estimate of drug-likeness (QED) is 0.857. The Morgan fingerprint density at radius 2 is 1.76 bits per heavy atom. The first-order valence-electron chi connectivity index (χ1n) is 5.75. The SMILES string of the molecule is OC(c1cccc(OC(F)(F)F)c1)c1ccc(Cl)cc1Cl. The van der Waals surface area contributed by atoms with Crippen LogP contribution < -0.4 is 4.74 Å². The first-order chi connectivity index (χ1) is 9.76. The van der Waals surface area contributed by atoms with E-state index >= 15 is 0 Å². The normalized spacial score (nSPS) is 13.0. The fourth-order valence-corrected chi connectivity index (χ4v) is 2.30. The maximum atomic E-state index is 12.2. The van der Waals surface area contributed by atoms with E-state index in [0.717, 1.165) is 12.1 Å². The Morgan fingerprint density at radius 3 is 2.38 bits per heavy atom. The Balaban J connectivity index is 2.31. The lowest BCUT2D eigenvalue weighted by molar-refractivity contribution is -0.274. The third kappa shape index (κ3) is 4.27. The Bertz CT molecular complexity index is 644. The molecule has 0 aliphatic carbocycles. The molecular formula is C14H9Cl2F3O2. The summed E-state index contributed by atoms with van der Waals surface area (Å²) in [6.07, 6.45) is -5.98. The fraction of sp³-hybridized carbons (Fsp3) is 0.143. The van der Waals surface area contributed by atoms with Gasteiger partial charge in [0.2, 0.25) is 0 Å². The summed E-state index contributed by atoms with van der Waals surface area (Å²) in [6, 6.07) is 9.55. The summed E-state index contributed by atoms with van der Waals surface area (Å²) in [7, 11) is 0. The zero-order valence-electron chi connectivity index (χ0n) is 10.4. The predicted octanol–water partition coefficient (Wildman–Crippen LogP) is 4.97. The van der Waals surface area contributed by atoms with Crippen molar-refractivity contribution in [1.82, 2.24) is 0 Å². The number of alkyl halides is 3. The number of aliphatic hydroxyl groups excluding tert-OH is 1. The maximum Gasteiger partial charge on any atom is 0.573 e. The highest BCUT2D eigenvalue weighted by Gasteiger charge is 2.31. The zero-order valence-corrected chi connectivity index (χ0v) is 11.9. The molecule has 2 rings (SSSR count). The number of ether oxygens (including phenoxy) is 1. The van der Waals surface area contributed by atoms with E-state index in [-0.39, 0.29) is 10.6 Å². The van der Waals surface area contributed by atoms with Crippen molar-refractivity contribution in [3.63, 3.8) is 0 Å². The summed E-state index contributed by atoms with van der Waals surface area (Å²) >= 11 is 11.7. The van der Waals surface area contributed by atoms with Gasteiger partial charge in [-0.25, -0.2) is 0 Å². The second-order valence-corrected chi connectivity index (χ2v) is 5.03. The van der Waals surface area contributed by atoms with Crippen LogP contribution in [0.15, 0.2) is 42.5 Å². The van der Waals surface area contributed by atoms with Gasteiger partial charge < -0.3 is 9.84 Å². The van der Waals surface area contributed by atoms with Crippen molar-refractivity contribution in [2.24, 2.45) is 0 Å². The van der Waals surface area contributed by atoms with E-state index < -0.39 is 18.2 Å². The van der Waals surface area contributed by atoms with E-state index in [9.17, 15) is 18.3 Å². The van der Waals surface area contributed by atoms with E-state index in [1.165, 1.54) is 30.3 Å². The summed E-state index contributed by atoms with van der Waals surface area (Å²) < 4.78 is 40.4. The lowest BCUT2D eigenvalue weighted by Gasteiger charge is -2.15. The van der Waals surface area contributed by atoms with E-state index in [4.69, 9.17) is 23.2 Å². The average Bonchev–Trinajstić information content (AvgIpc) is 2.36. The van der Waals surface area contributed by atoms with Gasteiger partial charge in [-0.05, 0) is 29.8 Å². The molecule has 0 bridgehead atoms. The largest absolute Gasteiger partial charge is 0.573 e. The van der Waals surface area contributed by atoms with Crippen molar-refractivity contribution in [1.29, 1.82) is 0 Å². The van der Waals surface area contributed by atoms with Crippen LogP contribution in [-0.4, -0.2) is 11.5 Å². The highest BCUT2D eigenvalue weighted by molar-refractivity contribution is 6.35. The van der Waals surface area contributed by atoms with Crippen LogP contribution in [0.1, 0.15) is 17.2 Å². The average molecular weight is 337 g/mol. The Labute approximate surface area is 128 Å². The molecule has 2 nitrogen and oxygen atoms in total. The molecule has 0 aliphatic rings. The van der Waals surface area contributed by atoms with Gasteiger partial charge in [-0.15, -0.1) is 13.2 Å². The molecule has 7 heteroatoms. The van der Waals surface area contributed by atoms with Crippen LogP contribution in [0.4, 0.5) is 13.2 Å². The van der Waals surface area contributed by atoms with Gasteiger partial charge in [-0.2, -0.15) is 0 Å². The molecule has 0 radical (unpaired) electrons. The molecule has 21 heavy (non-hydrogen) atoms. The molecule has 0 saturated heterocycles. The summed E-state index contributed by atoms with van der Waals surface area (Å²) in [5, 5.41) is 10.8. The summed E-state index contributed by atoms with van der Waals surface area (Å²) in [6.45, 7) is 0. The lowest BCUT2D eigenvalue weighted by atomic mass is 10.0. The standard InChI is InChI=1S/C14H9Cl2F3O2/c15-9-4-5-11(12(16)7-9)13(20)8-2-1-3-10(6-8)21-14(17,18)19/h1-7,13,20H. The van der Waals surface area contributed by atoms with Crippen LogP contribution >= 0.6 is 23.2 Å². The highest BCUT2D eigenvalue weighted by atomic mass is 35.5. The molecule has 0 aliphatic heterocycles. The third-order valence-corrected chi connectivity index (χ3v) is 3.23. The Kier molecular flexibility index (Phi) is 4.66. The zero-order chi connectivity index (χ0) is 15.6. The molecule has 0 aromatic heterocycles. The lowest BCUT2D eigenvalue weighted by Crippen LogP contribution is -2.17. The van der Waals surface area contributed by atoms with E-state index in [0.29, 0.717) is 10.6 Å². The third-order valence-electron chi connectivity index (χ3n) is 2.66. The number of aliphatic hydroxyl groups is 1. The van der Waals surface area contributed by atoms with Crippen LogP contribution in [0.25, 0.3) is 0 Å². The second-order valence-electron chi connectivity index (χ2n) is 4.19. The minimum absolute atomic E-state index is 0.220. The number of hydrogen-bond acceptors (Lipinski definition) is 2. The maximum absolute atomic E-state index is 12.2. The Hall–Kier alpha value is -1.43. The second kappa shape index (κ2) is 6.13. The van der Waals surface area contributed by atoms with E-state index in [2.05, 4.69) is 4.74 Å². The van der Waals surface area contributed by atoms with Crippen LogP contribution in [0.5, 0.6) is 5.75 Å². The molecule has 0 heterocycles. The van der Waals surface area contributed by atoms with Gasteiger partial charge in [-0.1, -0.05) is 41.4 Å². The number of halogens is 5. The molecule has 0 saturated carbocycles. The van der Waals surface area contributed by atoms with Gasteiger partial charge in [0.05, 0.1) is 0 Å².